The van der Waals surface area contributed by atoms with Gasteiger partial charge in [-0.25, -0.2) is 4.39 Å². The highest BCUT2D eigenvalue weighted by atomic mass is 19.1. The summed E-state index contributed by atoms with van der Waals surface area (Å²) in [6.45, 7) is 0.737. The molecule has 3 aromatic rings. The van der Waals surface area contributed by atoms with Gasteiger partial charge in [0.2, 0.25) is 5.91 Å². The summed E-state index contributed by atoms with van der Waals surface area (Å²) in [4.78, 5) is 39.2. The molecule has 6 N–H and O–H groups in total. The smallest absolute Gasteiger partial charge is 0.305 e. The van der Waals surface area contributed by atoms with Gasteiger partial charge in [0.05, 0.1) is 12.0 Å². The van der Waals surface area contributed by atoms with Gasteiger partial charge in [-0.15, -0.1) is 0 Å². The van der Waals surface area contributed by atoms with Gasteiger partial charge >= 0.3 is 5.97 Å². The van der Waals surface area contributed by atoms with E-state index in [-0.39, 0.29) is 30.4 Å². The first kappa shape index (κ1) is 26.3. The van der Waals surface area contributed by atoms with E-state index in [1.54, 1.807) is 29.2 Å². The number of carboxylic acid groups (broad SMARTS) is 1. The number of amidine groups is 1. The molecule has 0 radical (unpaired) electrons. The van der Waals surface area contributed by atoms with E-state index in [0.29, 0.717) is 29.8 Å². The molecule has 10 heteroatoms. The minimum absolute atomic E-state index is 0.0137. The van der Waals surface area contributed by atoms with Crippen molar-refractivity contribution < 1.29 is 23.9 Å². The van der Waals surface area contributed by atoms with Gasteiger partial charge in [0.1, 0.15) is 17.7 Å². The Morgan fingerprint density at radius 2 is 1.87 bits per heavy atom. The summed E-state index contributed by atoms with van der Waals surface area (Å²) >= 11 is 0. The number of aliphatic carboxylic acids is 1. The molecule has 4 rings (SSSR count). The number of nitrogens with one attached hydrogen (secondary N) is 3. The third-order valence-corrected chi connectivity index (χ3v) is 6.34. The molecule has 0 fully saturated rings. The molecule has 0 aliphatic carbocycles. The van der Waals surface area contributed by atoms with E-state index in [4.69, 9.17) is 11.1 Å². The second-order valence-electron chi connectivity index (χ2n) is 9.07. The number of halogens is 1. The fourth-order valence-corrected chi connectivity index (χ4v) is 4.33. The molecule has 0 bridgehead atoms. The first-order valence-electron chi connectivity index (χ1n) is 12.1. The Kier molecular flexibility index (Phi) is 8.00. The first-order chi connectivity index (χ1) is 18.2. The molecule has 0 spiro atoms. The van der Waals surface area contributed by atoms with Crippen LogP contribution in [0.4, 0.5) is 10.1 Å². The third-order valence-electron chi connectivity index (χ3n) is 6.34. The highest BCUT2D eigenvalue weighted by Crippen LogP contribution is 2.26. The standard InChI is InChI=1S/C28H28FN5O4/c29-22-12-18(6-9-21(22)26(30)31)15-32-27(37)19-7-8-20-16-34(11-10-17-4-2-1-3-5-17)28(38)24(14-25(35)36)33-23(20)13-19/h1-9,12-13,24,33H,10-11,14-16H2,(H3,30,31)(H,32,37)(H,35,36). The molecule has 3 aromatic carbocycles. The normalized spacial score (nSPS) is 14.7. The average Bonchev–Trinajstić information content (AvgIpc) is 3.01. The highest BCUT2D eigenvalue weighted by Gasteiger charge is 2.31. The van der Waals surface area contributed by atoms with Gasteiger partial charge in [-0.1, -0.05) is 42.5 Å². The van der Waals surface area contributed by atoms with Gasteiger partial charge in [0, 0.05) is 30.9 Å². The van der Waals surface area contributed by atoms with Crippen LogP contribution in [0.1, 0.15) is 39.0 Å². The molecule has 1 atom stereocenters. The van der Waals surface area contributed by atoms with E-state index in [1.165, 1.54) is 12.1 Å². The second-order valence-corrected chi connectivity index (χ2v) is 9.07. The fourth-order valence-electron chi connectivity index (χ4n) is 4.33. The molecule has 1 unspecified atom stereocenters. The summed E-state index contributed by atoms with van der Waals surface area (Å²) in [5, 5.41) is 22.5. The maximum Gasteiger partial charge on any atom is 0.305 e. The van der Waals surface area contributed by atoms with Crippen LogP contribution in [-0.4, -0.2) is 46.2 Å². The maximum atomic E-state index is 14.1. The largest absolute Gasteiger partial charge is 0.481 e. The summed E-state index contributed by atoms with van der Waals surface area (Å²) in [6.07, 6.45) is 0.217. The van der Waals surface area contributed by atoms with Crippen LogP contribution in [0.5, 0.6) is 0 Å². The van der Waals surface area contributed by atoms with E-state index in [2.05, 4.69) is 10.6 Å². The van der Waals surface area contributed by atoms with Crippen molar-refractivity contribution in [2.75, 3.05) is 11.9 Å². The Morgan fingerprint density at radius 1 is 1.11 bits per heavy atom. The molecule has 1 aliphatic heterocycles. The molecule has 2 amide bonds. The number of carbonyl (C=O) groups is 3. The minimum atomic E-state index is -1.11. The number of nitrogen functional groups attached to an aromatic ring is 1. The Balaban J connectivity index is 1.50. The lowest BCUT2D eigenvalue weighted by Gasteiger charge is -2.24. The van der Waals surface area contributed by atoms with Gasteiger partial charge in [-0.05, 0) is 47.4 Å². The lowest BCUT2D eigenvalue weighted by atomic mass is 10.1. The molecule has 1 heterocycles. The first-order valence-corrected chi connectivity index (χ1v) is 12.1. The lowest BCUT2D eigenvalue weighted by molar-refractivity contribution is -0.141. The quantitative estimate of drug-likeness (QED) is 0.218. The number of nitrogens with two attached hydrogens (primary N) is 1. The van der Waals surface area contributed by atoms with E-state index in [0.717, 1.165) is 11.1 Å². The maximum absolute atomic E-state index is 14.1. The Hall–Kier alpha value is -4.73. The van der Waals surface area contributed by atoms with Crippen molar-refractivity contribution in [1.82, 2.24) is 10.2 Å². The zero-order valence-electron chi connectivity index (χ0n) is 20.5. The van der Waals surface area contributed by atoms with E-state index >= 15 is 0 Å². The lowest BCUT2D eigenvalue weighted by Crippen LogP contribution is -2.42. The zero-order chi connectivity index (χ0) is 27.2. The monoisotopic (exact) mass is 517 g/mol. The number of hydrogen-bond donors (Lipinski definition) is 5. The number of anilines is 1. The minimum Gasteiger partial charge on any atom is -0.481 e. The molecule has 38 heavy (non-hydrogen) atoms. The van der Waals surface area contributed by atoms with Crippen molar-refractivity contribution in [2.45, 2.75) is 32.0 Å². The van der Waals surface area contributed by atoms with Crippen LogP contribution in [0.3, 0.4) is 0 Å². The van der Waals surface area contributed by atoms with E-state index < -0.39 is 30.2 Å². The summed E-state index contributed by atoms with van der Waals surface area (Å²) in [5.74, 6) is -2.88. The summed E-state index contributed by atoms with van der Waals surface area (Å²) in [6, 6.07) is 17.9. The number of fused-ring (bicyclic) bond motifs is 1. The third kappa shape index (κ3) is 6.33. The topological polar surface area (TPSA) is 149 Å². The molecule has 9 nitrogen and oxygen atoms in total. The van der Waals surface area contributed by atoms with E-state index in [1.807, 2.05) is 30.3 Å². The SMILES string of the molecule is N=C(N)c1ccc(CNC(=O)c2ccc3c(c2)NC(CC(=O)O)C(=O)N(CCc2ccccc2)C3)cc1F. The number of amides is 2. The molecule has 196 valence electrons. The molecule has 1 aliphatic rings. The average molecular weight is 518 g/mol. The second kappa shape index (κ2) is 11.5. The number of benzene rings is 3. The van der Waals surface area contributed by atoms with Crippen LogP contribution in [0.2, 0.25) is 0 Å². The molecule has 0 saturated carbocycles. The van der Waals surface area contributed by atoms with Crippen molar-refractivity contribution in [3.05, 3.63) is 100 Å². The Morgan fingerprint density at radius 3 is 2.55 bits per heavy atom. The van der Waals surface area contributed by atoms with Gasteiger partial charge in [0.25, 0.3) is 5.91 Å². The number of hydrogen-bond acceptors (Lipinski definition) is 5. The molecule has 0 saturated heterocycles. The Labute approximate surface area is 219 Å². The number of carboxylic acids is 1. The van der Waals surface area contributed by atoms with Crippen molar-refractivity contribution >= 4 is 29.3 Å². The van der Waals surface area contributed by atoms with Crippen LogP contribution >= 0.6 is 0 Å². The zero-order valence-corrected chi connectivity index (χ0v) is 20.5. The van der Waals surface area contributed by atoms with Crippen LogP contribution in [0.15, 0.2) is 66.7 Å². The summed E-state index contributed by atoms with van der Waals surface area (Å²) < 4.78 is 14.1. The molecule has 0 aromatic heterocycles. The number of nitrogens with zero attached hydrogens (tertiary/aromatic N) is 1. The van der Waals surface area contributed by atoms with E-state index in [9.17, 15) is 23.9 Å². The predicted molar refractivity (Wildman–Crippen MR) is 140 cm³/mol. The van der Waals surface area contributed by atoms with Crippen molar-refractivity contribution in [2.24, 2.45) is 5.73 Å². The van der Waals surface area contributed by atoms with Gasteiger partial charge in [-0.2, -0.15) is 0 Å². The summed E-state index contributed by atoms with van der Waals surface area (Å²) in [7, 11) is 0. The summed E-state index contributed by atoms with van der Waals surface area (Å²) in [5.41, 5.74) is 8.46. The van der Waals surface area contributed by atoms with Gasteiger partial charge in [-0.3, -0.25) is 19.8 Å². The van der Waals surface area contributed by atoms with Gasteiger partial charge < -0.3 is 26.4 Å². The fraction of sp³-hybridized carbons (Fsp3) is 0.214. The predicted octanol–water partition coefficient (Wildman–Crippen LogP) is 2.88. The number of rotatable bonds is 9. The van der Waals surface area contributed by atoms with Crippen LogP contribution in [-0.2, 0) is 29.1 Å². The molecular formula is C28H28FN5O4. The molecular weight excluding hydrogens is 489 g/mol. The van der Waals surface area contributed by atoms with Crippen LogP contribution in [0.25, 0.3) is 0 Å². The van der Waals surface area contributed by atoms with Crippen LogP contribution < -0.4 is 16.4 Å². The van der Waals surface area contributed by atoms with Crippen molar-refractivity contribution in [3.8, 4) is 0 Å². The van der Waals surface area contributed by atoms with Crippen LogP contribution in [0, 0.1) is 11.2 Å². The highest BCUT2D eigenvalue weighted by molar-refractivity contribution is 5.97. The number of carbonyl (C=O) groups excluding carboxylic acids is 2. The van der Waals surface area contributed by atoms with Crippen molar-refractivity contribution in [3.63, 3.8) is 0 Å². The Bertz CT molecular complexity index is 1380. The van der Waals surface area contributed by atoms with Gasteiger partial charge in [0.15, 0.2) is 0 Å². The van der Waals surface area contributed by atoms with Crippen molar-refractivity contribution in [1.29, 1.82) is 5.41 Å².